The normalized spacial score (nSPS) is 10.2. The summed E-state index contributed by atoms with van der Waals surface area (Å²) in [5.41, 5.74) is 8.32. The van der Waals surface area contributed by atoms with Crippen LogP contribution in [-0.2, 0) is 0 Å². The minimum atomic E-state index is 0.283. The first-order chi connectivity index (χ1) is 9.54. The molecule has 0 aliphatic heterocycles. The lowest BCUT2D eigenvalue weighted by Gasteiger charge is -2.23. The predicted octanol–water partition coefficient (Wildman–Crippen LogP) is 3.75. The summed E-state index contributed by atoms with van der Waals surface area (Å²) < 4.78 is 5.16. The number of nitrogens with two attached hydrogens (primary N) is 1. The first-order valence-corrected chi connectivity index (χ1v) is 6.79. The summed E-state index contributed by atoms with van der Waals surface area (Å²) in [7, 11) is 3.58. The van der Waals surface area contributed by atoms with Crippen LogP contribution in [-0.4, -0.2) is 19.1 Å². The van der Waals surface area contributed by atoms with Crippen molar-refractivity contribution >= 4 is 40.2 Å². The molecule has 0 aromatic heterocycles. The number of nitrogens with zero attached hydrogens (tertiary/aromatic N) is 1. The Morgan fingerprint density at radius 2 is 1.85 bits per heavy atom. The van der Waals surface area contributed by atoms with Crippen molar-refractivity contribution in [2.75, 3.05) is 19.1 Å². The van der Waals surface area contributed by atoms with Gasteiger partial charge in [-0.05, 0) is 36.4 Å². The third-order valence-electron chi connectivity index (χ3n) is 3.06. The van der Waals surface area contributed by atoms with Crippen LogP contribution >= 0.6 is 23.8 Å². The van der Waals surface area contributed by atoms with Crippen molar-refractivity contribution in [2.24, 2.45) is 5.73 Å². The third kappa shape index (κ3) is 2.86. The van der Waals surface area contributed by atoms with Crippen LogP contribution in [0.25, 0.3) is 0 Å². The Morgan fingerprint density at radius 3 is 2.40 bits per heavy atom. The van der Waals surface area contributed by atoms with Gasteiger partial charge in [-0.15, -0.1) is 0 Å². The van der Waals surface area contributed by atoms with Gasteiger partial charge in [0.25, 0.3) is 0 Å². The SMILES string of the molecule is COc1ccc(N(C)c2cccc(Cl)c2C(N)=S)cc1. The van der Waals surface area contributed by atoms with E-state index in [0.717, 1.165) is 17.1 Å². The molecule has 0 heterocycles. The second-order valence-electron chi connectivity index (χ2n) is 4.26. The summed E-state index contributed by atoms with van der Waals surface area (Å²) in [4.78, 5) is 2.27. The number of methoxy groups -OCH3 is 1. The highest BCUT2D eigenvalue weighted by atomic mass is 35.5. The van der Waals surface area contributed by atoms with E-state index >= 15 is 0 Å². The zero-order chi connectivity index (χ0) is 14.7. The van der Waals surface area contributed by atoms with Crippen LogP contribution < -0.4 is 15.4 Å². The average Bonchev–Trinajstić information content (AvgIpc) is 2.46. The van der Waals surface area contributed by atoms with Gasteiger partial charge in [0.2, 0.25) is 0 Å². The molecule has 2 aromatic carbocycles. The highest BCUT2D eigenvalue weighted by molar-refractivity contribution is 7.80. The Kier molecular flexibility index (Phi) is 4.47. The Labute approximate surface area is 128 Å². The fourth-order valence-electron chi connectivity index (χ4n) is 1.98. The van der Waals surface area contributed by atoms with Gasteiger partial charge in [0.1, 0.15) is 10.7 Å². The molecule has 0 saturated heterocycles. The molecule has 0 saturated carbocycles. The Hall–Kier alpha value is -1.78. The second-order valence-corrected chi connectivity index (χ2v) is 5.10. The van der Waals surface area contributed by atoms with E-state index in [2.05, 4.69) is 0 Å². The van der Waals surface area contributed by atoms with E-state index in [0.29, 0.717) is 10.6 Å². The third-order valence-corrected chi connectivity index (χ3v) is 3.58. The zero-order valence-corrected chi connectivity index (χ0v) is 12.8. The van der Waals surface area contributed by atoms with Gasteiger partial charge in [-0.3, -0.25) is 0 Å². The van der Waals surface area contributed by atoms with Gasteiger partial charge in [0, 0.05) is 12.7 Å². The molecule has 0 bridgehead atoms. The van der Waals surface area contributed by atoms with Crippen LogP contribution in [0.4, 0.5) is 11.4 Å². The minimum Gasteiger partial charge on any atom is -0.497 e. The van der Waals surface area contributed by atoms with Gasteiger partial charge in [-0.1, -0.05) is 29.9 Å². The van der Waals surface area contributed by atoms with Gasteiger partial charge in [-0.2, -0.15) is 0 Å². The van der Waals surface area contributed by atoms with Crippen LogP contribution in [0.15, 0.2) is 42.5 Å². The fourth-order valence-corrected chi connectivity index (χ4v) is 2.52. The molecule has 2 rings (SSSR count). The van der Waals surface area contributed by atoms with Crippen molar-refractivity contribution in [1.82, 2.24) is 0 Å². The van der Waals surface area contributed by atoms with E-state index in [1.54, 1.807) is 13.2 Å². The van der Waals surface area contributed by atoms with E-state index < -0.39 is 0 Å². The Morgan fingerprint density at radius 1 is 1.20 bits per heavy atom. The largest absolute Gasteiger partial charge is 0.497 e. The minimum absolute atomic E-state index is 0.283. The summed E-state index contributed by atoms with van der Waals surface area (Å²) >= 11 is 11.3. The zero-order valence-electron chi connectivity index (χ0n) is 11.3. The van der Waals surface area contributed by atoms with Crippen molar-refractivity contribution in [3.05, 3.63) is 53.1 Å². The number of ether oxygens (including phenoxy) is 1. The lowest BCUT2D eigenvalue weighted by atomic mass is 10.1. The van der Waals surface area contributed by atoms with Crippen molar-refractivity contribution in [3.63, 3.8) is 0 Å². The standard InChI is InChI=1S/C15H15ClN2OS/c1-18(10-6-8-11(19-2)9-7-10)13-5-3-4-12(16)14(13)15(17)20/h3-9H,1-2H3,(H2,17,20). The maximum absolute atomic E-state index is 6.19. The molecule has 104 valence electrons. The molecule has 0 spiro atoms. The molecule has 0 atom stereocenters. The van der Waals surface area contributed by atoms with E-state index in [-0.39, 0.29) is 4.99 Å². The maximum atomic E-state index is 6.19. The van der Waals surface area contributed by atoms with E-state index in [1.807, 2.05) is 48.3 Å². The number of anilines is 2. The van der Waals surface area contributed by atoms with E-state index in [4.69, 9.17) is 34.3 Å². The highest BCUT2D eigenvalue weighted by Gasteiger charge is 2.14. The molecule has 0 unspecified atom stereocenters. The topological polar surface area (TPSA) is 38.5 Å². The first-order valence-electron chi connectivity index (χ1n) is 6.00. The predicted molar refractivity (Wildman–Crippen MR) is 88.4 cm³/mol. The molecular weight excluding hydrogens is 292 g/mol. The summed E-state index contributed by atoms with van der Waals surface area (Å²) in [6, 6.07) is 13.3. The number of hydrogen-bond donors (Lipinski definition) is 1. The van der Waals surface area contributed by atoms with Gasteiger partial charge in [0.15, 0.2) is 0 Å². The van der Waals surface area contributed by atoms with Gasteiger partial charge < -0.3 is 15.4 Å². The quantitative estimate of drug-likeness (QED) is 0.873. The van der Waals surface area contributed by atoms with Crippen LogP contribution in [0.3, 0.4) is 0 Å². The molecule has 5 heteroatoms. The van der Waals surface area contributed by atoms with E-state index in [9.17, 15) is 0 Å². The molecule has 2 aromatic rings. The molecular formula is C15H15ClN2OS. The van der Waals surface area contributed by atoms with Gasteiger partial charge >= 0.3 is 0 Å². The molecule has 2 N–H and O–H groups in total. The first kappa shape index (κ1) is 14.6. The molecule has 0 amide bonds. The maximum Gasteiger partial charge on any atom is 0.119 e. The average molecular weight is 307 g/mol. The summed E-state index contributed by atoms with van der Waals surface area (Å²) in [5, 5.41) is 0.551. The smallest absolute Gasteiger partial charge is 0.119 e. The molecule has 0 aliphatic carbocycles. The molecule has 0 fully saturated rings. The number of halogens is 1. The molecule has 20 heavy (non-hydrogen) atoms. The summed E-state index contributed by atoms with van der Waals surface area (Å²) in [6.45, 7) is 0. The Bertz CT molecular complexity index is 628. The second kappa shape index (κ2) is 6.11. The summed E-state index contributed by atoms with van der Waals surface area (Å²) in [6.07, 6.45) is 0. The van der Waals surface area contributed by atoms with Crippen molar-refractivity contribution < 1.29 is 4.74 Å². The molecule has 3 nitrogen and oxygen atoms in total. The number of thiocarbonyl (C=S) groups is 1. The van der Waals surface area contributed by atoms with Crippen molar-refractivity contribution in [3.8, 4) is 5.75 Å². The monoisotopic (exact) mass is 306 g/mol. The number of rotatable bonds is 4. The highest BCUT2D eigenvalue weighted by Crippen LogP contribution is 2.32. The number of hydrogen-bond acceptors (Lipinski definition) is 3. The van der Waals surface area contributed by atoms with Crippen LogP contribution in [0, 0.1) is 0 Å². The van der Waals surface area contributed by atoms with Crippen molar-refractivity contribution in [1.29, 1.82) is 0 Å². The van der Waals surface area contributed by atoms with Gasteiger partial charge in [0.05, 0.1) is 23.4 Å². The number of benzene rings is 2. The molecule has 0 aliphatic rings. The van der Waals surface area contributed by atoms with Crippen LogP contribution in [0.2, 0.25) is 5.02 Å². The van der Waals surface area contributed by atoms with Crippen molar-refractivity contribution in [2.45, 2.75) is 0 Å². The lowest BCUT2D eigenvalue weighted by Crippen LogP contribution is -2.18. The lowest BCUT2D eigenvalue weighted by molar-refractivity contribution is 0.415. The Balaban J connectivity index is 2.44. The fraction of sp³-hybridized carbons (Fsp3) is 0.133. The van der Waals surface area contributed by atoms with Crippen LogP contribution in [0.1, 0.15) is 5.56 Å². The molecule has 0 radical (unpaired) electrons. The summed E-state index contributed by atoms with van der Waals surface area (Å²) in [5.74, 6) is 0.808. The van der Waals surface area contributed by atoms with Gasteiger partial charge in [-0.25, -0.2) is 0 Å². The van der Waals surface area contributed by atoms with E-state index in [1.165, 1.54) is 0 Å². The van der Waals surface area contributed by atoms with Crippen LogP contribution in [0.5, 0.6) is 5.75 Å².